The van der Waals surface area contributed by atoms with E-state index in [0.29, 0.717) is 22.3 Å². The topological polar surface area (TPSA) is 310 Å². The van der Waals surface area contributed by atoms with Gasteiger partial charge in [-0.3, -0.25) is 27.2 Å². The lowest BCUT2D eigenvalue weighted by atomic mass is 10.1. The van der Waals surface area contributed by atoms with E-state index >= 15 is 0 Å². The fraction of sp³-hybridized carbons (Fsp3) is 0.500. The van der Waals surface area contributed by atoms with E-state index in [9.17, 15) is 29.1 Å². The van der Waals surface area contributed by atoms with Crippen LogP contribution < -0.4 is 11.5 Å². The van der Waals surface area contributed by atoms with E-state index in [-0.39, 0.29) is 24.8 Å². The van der Waals surface area contributed by atoms with Gasteiger partial charge in [0.2, 0.25) is 0 Å². The highest BCUT2D eigenvalue weighted by molar-refractivity contribution is 7.47. The molecular formula is C20H24N10O12P2. The Hall–Kier alpha value is -3.24. The Balaban J connectivity index is 0.000000142. The number of rotatable bonds is 2. The summed E-state index contributed by atoms with van der Waals surface area (Å²) in [6.07, 6.45) is -2.13. The van der Waals surface area contributed by atoms with Crippen molar-refractivity contribution in [1.29, 1.82) is 0 Å². The first kappa shape index (κ1) is 29.5. The maximum absolute atomic E-state index is 11.5. The summed E-state index contributed by atoms with van der Waals surface area (Å²) in [7, 11) is -8.33. The van der Waals surface area contributed by atoms with Gasteiger partial charge >= 0.3 is 15.6 Å². The molecule has 4 aliphatic heterocycles. The van der Waals surface area contributed by atoms with E-state index in [1.807, 2.05) is 0 Å². The Morgan fingerprint density at radius 1 is 0.705 bits per heavy atom. The standard InChI is InChI=1S/2C10H12N5O6P/c2*11-8-5-9(13-2-12-8)15(3-14-5)10-6(16)7-4(20-10)1-19-22(17,18)21-7/h2*2-4,6-7,10,16H,1H2,(H,17,18)(H2,11,12,13)/t2*4-,6-,7-,10-/m11/s1. The number of hydrogen-bond donors (Lipinski definition) is 6. The summed E-state index contributed by atoms with van der Waals surface area (Å²) < 4.78 is 56.3. The van der Waals surface area contributed by atoms with E-state index < -0.39 is 64.7 Å². The fourth-order valence-electron chi connectivity index (χ4n) is 5.24. The molecule has 8 heterocycles. The molecule has 0 bridgehead atoms. The van der Waals surface area contributed by atoms with Crippen molar-refractivity contribution in [2.45, 2.75) is 49.1 Å². The minimum absolute atomic E-state index is 0.157. The number of aromatic nitrogens is 8. The van der Waals surface area contributed by atoms with Gasteiger partial charge in [-0.1, -0.05) is 0 Å². The number of nitrogen functional groups attached to an aromatic ring is 2. The number of nitrogens with two attached hydrogens (primary N) is 2. The van der Waals surface area contributed by atoms with Gasteiger partial charge in [0.05, 0.1) is 25.9 Å². The number of phosphoric acid groups is 2. The molecule has 4 aliphatic rings. The fourth-order valence-corrected chi connectivity index (χ4v) is 7.17. The second kappa shape index (κ2) is 10.7. The summed E-state index contributed by atoms with van der Waals surface area (Å²) in [6, 6.07) is 0. The summed E-state index contributed by atoms with van der Waals surface area (Å²) in [6.45, 7) is -0.314. The summed E-state index contributed by atoms with van der Waals surface area (Å²) in [5, 5.41) is 20.7. The lowest BCUT2D eigenvalue weighted by Gasteiger charge is -2.27. The van der Waals surface area contributed by atoms with Crippen LogP contribution >= 0.6 is 15.6 Å². The molecule has 0 saturated carbocycles. The molecule has 0 spiro atoms. The van der Waals surface area contributed by atoms with E-state index in [0.717, 1.165) is 0 Å². The molecule has 4 fully saturated rings. The molecule has 0 aliphatic carbocycles. The number of fused-ring (bicyclic) bond motifs is 4. The zero-order valence-corrected chi connectivity index (χ0v) is 23.8. The van der Waals surface area contributed by atoms with Crippen molar-refractivity contribution in [2.24, 2.45) is 0 Å². The predicted molar refractivity (Wildman–Crippen MR) is 141 cm³/mol. The number of hydrogen-bond acceptors (Lipinski definition) is 18. The summed E-state index contributed by atoms with van der Waals surface area (Å²) >= 11 is 0. The molecule has 2 unspecified atom stereocenters. The quantitative estimate of drug-likeness (QED) is 0.132. The second-order valence-electron chi connectivity index (χ2n) is 9.95. The van der Waals surface area contributed by atoms with Crippen LogP contribution in [0, 0.1) is 0 Å². The Kier molecular flexibility index (Phi) is 7.16. The molecule has 4 aromatic heterocycles. The van der Waals surface area contributed by atoms with Crippen LogP contribution in [0.4, 0.5) is 11.6 Å². The van der Waals surface area contributed by atoms with Gasteiger partial charge in [-0.15, -0.1) is 0 Å². The average Bonchev–Trinajstić information content (AvgIpc) is 3.74. The molecule has 8 N–H and O–H groups in total. The molecule has 8 rings (SSSR count). The number of nitrogens with zero attached hydrogens (tertiary/aromatic N) is 8. The summed E-state index contributed by atoms with van der Waals surface area (Å²) in [5.41, 5.74) is 12.9. The first-order valence-electron chi connectivity index (χ1n) is 12.8. The van der Waals surface area contributed by atoms with E-state index in [1.54, 1.807) is 0 Å². The van der Waals surface area contributed by atoms with Crippen molar-refractivity contribution in [3.63, 3.8) is 0 Å². The largest absolute Gasteiger partial charge is 0.472 e. The van der Waals surface area contributed by atoms with Crippen LogP contribution in [0.25, 0.3) is 22.3 Å². The Morgan fingerprint density at radius 3 is 1.52 bits per heavy atom. The average molecular weight is 658 g/mol. The molecule has 10 atom stereocenters. The number of ether oxygens (including phenoxy) is 2. The third-order valence-electron chi connectivity index (χ3n) is 7.26. The van der Waals surface area contributed by atoms with Crippen LogP contribution in [-0.4, -0.2) is 109 Å². The van der Waals surface area contributed by atoms with Crippen LogP contribution in [0.15, 0.2) is 25.3 Å². The maximum Gasteiger partial charge on any atom is 0.472 e. The van der Waals surface area contributed by atoms with Crippen LogP contribution in [0.2, 0.25) is 0 Å². The van der Waals surface area contributed by atoms with Gasteiger partial charge in [0.25, 0.3) is 0 Å². The zero-order chi connectivity index (χ0) is 31.0. The van der Waals surface area contributed by atoms with Gasteiger partial charge in [-0.2, -0.15) is 0 Å². The minimum atomic E-state index is -4.16. The van der Waals surface area contributed by atoms with Gasteiger partial charge in [0.15, 0.2) is 35.4 Å². The van der Waals surface area contributed by atoms with Crippen molar-refractivity contribution in [3.8, 4) is 0 Å². The first-order valence-corrected chi connectivity index (χ1v) is 15.8. The molecule has 0 radical (unpaired) electrons. The van der Waals surface area contributed by atoms with Crippen LogP contribution in [0.1, 0.15) is 12.5 Å². The minimum Gasteiger partial charge on any atom is -0.386 e. The number of aliphatic hydroxyl groups is 2. The van der Waals surface area contributed by atoms with E-state index in [1.165, 1.54) is 34.4 Å². The molecule has 22 nitrogen and oxygen atoms in total. The predicted octanol–water partition coefficient (Wildman–Crippen LogP) is -1.63. The lowest BCUT2D eigenvalue weighted by Crippen LogP contribution is -2.39. The third kappa shape index (κ3) is 5.04. The van der Waals surface area contributed by atoms with Crippen molar-refractivity contribution in [2.75, 3.05) is 24.7 Å². The SMILES string of the molecule is Nc1ncnc2c1ncn2[C@@H]1O[C@@H]2COP(=O)(O)O[C@H]2[C@H]1O.Nc1ncnc2c1ncn2[C@@H]1O[C@@H]2COP(=O)(O)O[C@H]2[C@H]1O. The van der Waals surface area contributed by atoms with E-state index in [2.05, 4.69) is 39.0 Å². The molecule has 4 aromatic rings. The van der Waals surface area contributed by atoms with Crippen LogP contribution in [0.5, 0.6) is 0 Å². The molecular weight excluding hydrogens is 634 g/mol. The van der Waals surface area contributed by atoms with Crippen molar-refractivity contribution >= 4 is 49.6 Å². The van der Waals surface area contributed by atoms with Gasteiger partial charge in [-0.05, 0) is 0 Å². The normalized spacial score (nSPS) is 38.3. The number of imidazole rings is 2. The Labute approximate surface area is 244 Å². The Morgan fingerprint density at radius 2 is 1.11 bits per heavy atom. The monoisotopic (exact) mass is 658 g/mol. The highest BCUT2D eigenvalue weighted by atomic mass is 31.2. The molecule has 236 valence electrons. The molecule has 0 aromatic carbocycles. The second-order valence-corrected chi connectivity index (χ2v) is 12.8. The third-order valence-corrected chi connectivity index (χ3v) is 9.23. The lowest BCUT2D eigenvalue weighted by molar-refractivity contribution is -0.0665. The number of phosphoric ester groups is 2. The van der Waals surface area contributed by atoms with Gasteiger partial charge in [0, 0.05) is 0 Å². The van der Waals surface area contributed by atoms with Gasteiger partial charge in [-0.25, -0.2) is 39.0 Å². The smallest absolute Gasteiger partial charge is 0.386 e. The van der Waals surface area contributed by atoms with Crippen molar-refractivity contribution < 1.29 is 56.7 Å². The summed E-state index contributed by atoms with van der Waals surface area (Å²) in [5.74, 6) is 0.404. The molecule has 44 heavy (non-hydrogen) atoms. The molecule has 4 saturated heterocycles. The van der Waals surface area contributed by atoms with Crippen molar-refractivity contribution in [1.82, 2.24) is 39.0 Å². The van der Waals surface area contributed by atoms with Gasteiger partial charge in [0.1, 0.15) is 60.3 Å². The molecule has 24 heteroatoms. The van der Waals surface area contributed by atoms with Crippen molar-refractivity contribution in [3.05, 3.63) is 25.3 Å². The van der Waals surface area contributed by atoms with Gasteiger partial charge < -0.3 is 40.9 Å². The van der Waals surface area contributed by atoms with E-state index in [4.69, 9.17) is 30.0 Å². The summed E-state index contributed by atoms with van der Waals surface area (Å²) in [4.78, 5) is 42.7. The van der Waals surface area contributed by atoms with Crippen LogP contribution in [-0.2, 0) is 36.7 Å². The zero-order valence-electron chi connectivity index (χ0n) is 22.0. The highest BCUT2D eigenvalue weighted by Gasteiger charge is 2.54. The number of aliphatic hydroxyl groups excluding tert-OH is 2. The number of anilines is 2. The highest BCUT2D eigenvalue weighted by Crippen LogP contribution is 2.53. The van der Waals surface area contributed by atoms with Crippen LogP contribution in [0.3, 0.4) is 0 Å². The molecule has 0 amide bonds. The maximum atomic E-state index is 11.5. The Bertz CT molecular complexity index is 1690. The first-order chi connectivity index (χ1) is 20.9.